The molecule has 1 fully saturated rings. The Balaban J connectivity index is 2.26. The Morgan fingerprint density at radius 2 is 2.20 bits per heavy atom. The molecule has 2 heterocycles. The molecule has 1 saturated heterocycles. The van der Waals surface area contributed by atoms with Gasteiger partial charge in [-0.15, -0.1) is 17.9 Å². The third-order valence-electron chi connectivity index (χ3n) is 2.83. The van der Waals surface area contributed by atoms with Crippen LogP contribution in [0.5, 0.6) is 0 Å². The summed E-state index contributed by atoms with van der Waals surface area (Å²) in [6.07, 6.45) is 1.54. The van der Waals surface area contributed by atoms with Crippen molar-refractivity contribution in [2.24, 2.45) is 0 Å². The van der Waals surface area contributed by atoms with Crippen LogP contribution < -0.4 is 5.32 Å². The molecule has 1 aliphatic rings. The van der Waals surface area contributed by atoms with Crippen LogP contribution in [0, 0.1) is 0 Å². The van der Waals surface area contributed by atoms with E-state index in [0.717, 1.165) is 11.3 Å². The van der Waals surface area contributed by atoms with Crippen LogP contribution in [-0.4, -0.2) is 51.5 Å². The van der Waals surface area contributed by atoms with Crippen molar-refractivity contribution in [3.05, 3.63) is 29.0 Å². The highest BCUT2D eigenvalue weighted by Gasteiger charge is 2.31. The monoisotopic (exact) mass is 316 g/mol. The Kier molecular flexibility index (Phi) is 4.92. The average molecular weight is 316 g/mol. The van der Waals surface area contributed by atoms with Gasteiger partial charge < -0.3 is 10.1 Å². The number of rotatable bonds is 5. The van der Waals surface area contributed by atoms with Crippen molar-refractivity contribution in [2.75, 3.05) is 32.8 Å². The standard InChI is InChI=1S/C12H16N2O4S2/c1-2-4-13-12(15)11-10(3-9-19-11)20(16,17)14-5-7-18-8-6-14/h2-3,9H,1,4-8H2,(H,13,15). The van der Waals surface area contributed by atoms with Crippen LogP contribution >= 0.6 is 11.3 Å². The zero-order valence-electron chi connectivity index (χ0n) is 10.9. The number of carbonyl (C=O) groups is 1. The van der Waals surface area contributed by atoms with Gasteiger partial charge >= 0.3 is 0 Å². The summed E-state index contributed by atoms with van der Waals surface area (Å²) >= 11 is 1.12. The second-order valence-corrected chi connectivity index (χ2v) is 6.95. The third kappa shape index (κ3) is 3.09. The number of morpholine rings is 1. The Bertz CT molecular complexity index is 588. The van der Waals surface area contributed by atoms with Gasteiger partial charge in [-0.3, -0.25) is 4.79 Å². The molecule has 0 atom stereocenters. The van der Waals surface area contributed by atoms with Gasteiger partial charge in [0.1, 0.15) is 9.77 Å². The number of hydrogen-bond donors (Lipinski definition) is 1. The summed E-state index contributed by atoms with van der Waals surface area (Å²) in [5, 5.41) is 4.20. The van der Waals surface area contributed by atoms with Gasteiger partial charge in [-0.2, -0.15) is 4.31 Å². The fraction of sp³-hybridized carbons (Fsp3) is 0.417. The first-order valence-corrected chi connectivity index (χ1v) is 8.44. The molecule has 1 aliphatic heterocycles. The summed E-state index contributed by atoms with van der Waals surface area (Å²) < 4.78 is 31.5. The highest BCUT2D eigenvalue weighted by atomic mass is 32.2. The highest BCUT2D eigenvalue weighted by Crippen LogP contribution is 2.25. The summed E-state index contributed by atoms with van der Waals surface area (Å²) in [4.78, 5) is 12.2. The lowest BCUT2D eigenvalue weighted by Gasteiger charge is -2.26. The van der Waals surface area contributed by atoms with Gasteiger partial charge in [0.15, 0.2) is 0 Å². The molecule has 0 radical (unpaired) electrons. The van der Waals surface area contributed by atoms with Gasteiger partial charge in [0.2, 0.25) is 10.0 Å². The summed E-state index contributed by atoms with van der Waals surface area (Å²) in [7, 11) is -3.64. The molecule has 110 valence electrons. The van der Waals surface area contributed by atoms with E-state index < -0.39 is 15.9 Å². The number of carbonyl (C=O) groups excluding carboxylic acids is 1. The van der Waals surface area contributed by atoms with E-state index in [1.165, 1.54) is 10.4 Å². The molecule has 2 rings (SSSR count). The lowest BCUT2D eigenvalue weighted by Crippen LogP contribution is -2.41. The maximum atomic E-state index is 12.5. The molecule has 1 aromatic rings. The van der Waals surface area contributed by atoms with Crippen LogP contribution in [0.25, 0.3) is 0 Å². The van der Waals surface area contributed by atoms with Gasteiger partial charge in [0, 0.05) is 19.6 Å². The predicted octanol–water partition coefficient (Wildman–Crippen LogP) is 0.685. The maximum Gasteiger partial charge on any atom is 0.262 e. The minimum absolute atomic E-state index is 0.0611. The van der Waals surface area contributed by atoms with Crippen molar-refractivity contribution in [1.82, 2.24) is 9.62 Å². The molecule has 6 nitrogen and oxygen atoms in total. The number of ether oxygens (including phenoxy) is 1. The van der Waals surface area contributed by atoms with Crippen LogP contribution in [0.2, 0.25) is 0 Å². The minimum Gasteiger partial charge on any atom is -0.379 e. The average Bonchev–Trinajstić information content (AvgIpc) is 2.96. The number of nitrogens with one attached hydrogen (secondary N) is 1. The topological polar surface area (TPSA) is 75.7 Å². The summed E-state index contributed by atoms with van der Waals surface area (Å²) in [6, 6.07) is 1.47. The molecule has 1 N–H and O–H groups in total. The van der Waals surface area contributed by atoms with E-state index in [2.05, 4.69) is 11.9 Å². The first-order chi connectivity index (χ1) is 9.57. The van der Waals surface area contributed by atoms with Crippen molar-refractivity contribution >= 4 is 27.3 Å². The lowest BCUT2D eigenvalue weighted by atomic mass is 10.4. The third-order valence-corrected chi connectivity index (χ3v) is 5.81. The Morgan fingerprint density at radius 1 is 1.50 bits per heavy atom. The molecule has 0 spiro atoms. The largest absolute Gasteiger partial charge is 0.379 e. The van der Waals surface area contributed by atoms with E-state index in [1.54, 1.807) is 11.5 Å². The van der Waals surface area contributed by atoms with E-state index in [1.807, 2.05) is 0 Å². The zero-order chi connectivity index (χ0) is 14.6. The van der Waals surface area contributed by atoms with Crippen molar-refractivity contribution in [3.8, 4) is 0 Å². The van der Waals surface area contributed by atoms with Crippen LogP contribution in [0.1, 0.15) is 9.67 Å². The molecular formula is C12H16N2O4S2. The second-order valence-electron chi connectivity index (χ2n) is 4.13. The Hall–Kier alpha value is -1.22. The molecule has 0 unspecified atom stereocenters. The normalized spacial score (nSPS) is 16.8. The molecule has 0 saturated carbocycles. The number of hydrogen-bond acceptors (Lipinski definition) is 5. The van der Waals surface area contributed by atoms with Gasteiger partial charge in [-0.1, -0.05) is 6.08 Å². The maximum absolute atomic E-state index is 12.5. The molecule has 0 aromatic carbocycles. The van der Waals surface area contributed by atoms with Crippen LogP contribution in [-0.2, 0) is 14.8 Å². The van der Waals surface area contributed by atoms with Crippen LogP contribution in [0.3, 0.4) is 0 Å². The molecule has 20 heavy (non-hydrogen) atoms. The Morgan fingerprint density at radius 3 is 2.85 bits per heavy atom. The summed E-state index contributed by atoms with van der Waals surface area (Å²) in [5.41, 5.74) is 0. The van der Waals surface area contributed by atoms with Crippen LogP contribution in [0.4, 0.5) is 0 Å². The first-order valence-electron chi connectivity index (χ1n) is 6.12. The Labute approximate surface area is 122 Å². The number of sulfonamides is 1. The van der Waals surface area contributed by atoms with Crippen LogP contribution in [0.15, 0.2) is 29.0 Å². The number of thiophene rings is 1. The first kappa shape index (κ1) is 15.2. The predicted molar refractivity (Wildman–Crippen MR) is 76.4 cm³/mol. The smallest absolute Gasteiger partial charge is 0.262 e. The molecular weight excluding hydrogens is 300 g/mol. The lowest BCUT2D eigenvalue weighted by molar-refractivity contribution is 0.0730. The number of amides is 1. The SMILES string of the molecule is C=CCNC(=O)c1sccc1S(=O)(=O)N1CCOCC1. The van der Waals surface area contributed by atoms with Crippen molar-refractivity contribution in [3.63, 3.8) is 0 Å². The highest BCUT2D eigenvalue weighted by molar-refractivity contribution is 7.89. The van der Waals surface area contributed by atoms with E-state index in [-0.39, 0.29) is 9.77 Å². The molecule has 1 aromatic heterocycles. The van der Waals surface area contributed by atoms with E-state index >= 15 is 0 Å². The molecule has 0 bridgehead atoms. The van der Waals surface area contributed by atoms with E-state index in [9.17, 15) is 13.2 Å². The zero-order valence-corrected chi connectivity index (χ0v) is 12.5. The minimum atomic E-state index is -3.64. The van der Waals surface area contributed by atoms with Gasteiger partial charge in [-0.05, 0) is 11.4 Å². The fourth-order valence-electron chi connectivity index (χ4n) is 1.84. The van der Waals surface area contributed by atoms with Crippen molar-refractivity contribution in [1.29, 1.82) is 0 Å². The number of nitrogens with zero attached hydrogens (tertiary/aromatic N) is 1. The second kappa shape index (κ2) is 6.49. The molecule has 1 amide bonds. The van der Waals surface area contributed by atoms with Gasteiger partial charge in [-0.25, -0.2) is 8.42 Å². The van der Waals surface area contributed by atoms with Gasteiger partial charge in [0.25, 0.3) is 5.91 Å². The molecule has 0 aliphatic carbocycles. The van der Waals surface area contributed by atoms with Crippen molar-refractivity contribution < 1.29 is 17.9 Å². The van der Waals surface area contributed by atoms with E-state index in [4.69, 9.17) is 4.74 Å². The summed E-state index contributed by atoms with van der Waals surface area (Å²) in [6.45, 7) is 5.18. The van der Waals surface area contributed by atoms with Gasteiger partial charge in [0.05, 0.1) is 13.2 Å². The quantitative estimate of drug-likeness (QED) is 0.811. The fourth-order valence-corrected chi connectivity index (χ4v) is 4.56. The van der Waals surface area contributed by atoms with Crippen molar-refractivity contribution in [2.45, 2.75) is 4.90 Å². The van der Waals surface area contributed by atoms with E-state index in [0.29, 0.717) is 32.8 Å². The summed E-state index contributed by atoms with van der Waals surface area (Å²) in [5.74, 6) is -0.397. The molecule has 8 heteroatoms.